The summed E-state index contributed by atoms with van der Waals surface area (Å²) >= 11 is 0. The van der Waals surface area contributed by atoms with Crippen molar-refractivity contribution in [1.82, 2.24) is 9.88 Å². The number of alkyl halides is 3. The average Bonchev–Trinajstić information content (AvgIpc) is 3.25. The summed E-state index contributed by atoms with van der Waals surface area (Å²) < 4.78 is 50.9. The number of methoxy groups -OCH3 is 1. The van der Waals surface area contributed by atoms with Gasteiger partial charge in [-0.15, -0.1) is 0 Å². The topological polar surface area (TPSA) is 71.6 Å². The van der Waals surface area contributed by atoms with E-state index in [2.05, 4.69) is 4.98 Å². The highest BCUT2D eigenvalue weighted by Gasteiger charge is 2.36. The monoisotopic (exact) mass is 516 g/mol. The lowest BCUT2D eigenvalue weighted by molar-refractivity contribution is -0.143. The molecule has 0 fully saturated rings. The summed E-state index contributed by atoms with van der Waals surface area (Å²) in [6, 6.07) is 10.1. The highest BCUT2D eigenvalue weighted by atomic mass is 19.4. The van der Waals surface area contributed by atoms with Gasteiger partial charge in [0.05, 0.1) is 25.3 Å². The van der Waals surface area contributed by atoms with Crippen molar-refractivity contribution in [2.24, 2.45) is 0 Å². The Morgan fingerprint density at radius 2 is 1.86 bits per heavy atom. The molecule has 6 nitrogen and oxygen atoms in total. The van der Waals surface area contributed by atoms with E-state index in [0.29, 0.717) is 56.6 Å². The fourth-order valence-corrected chi connectivity index (χ4v) is 4.99. The van der Waals surface area contributed by atoms with Gasteiger partial charge in [0.2, 0.25) is 5.91 Å². The van der Waals surface area contributed by atoms with Crippen LogP contribution in [-0.4, -0.2) is 42.0 Å². The van der Waals surface area contributed by atoms with Crippen molar-refractivity contribution < 1.29 is 32.2 Å². The fraction of sp³-hybridized carbons (Fsp3) is 0.429. The number of aromatic nitrogens is 1. The fourth-order valence-electron chi connectivity index (χ4n) is 4.99. The predicted molar refractivity (Wildman–Crippen MR) is 133 cm³/mol. The third kappa shape index (κ3) is 5.92. The first-order chi connectivity index (χ1) is 17.7. The molecule has 0 aliphatic carbocycles. The molecule has 198 valence electrons. The number of halogens is 3. The number of unbranched alkanes of at least 4 members (excludes halogenated alkanes) is 2. The number of carbonyl (C=O) groups excluding carboxylic acids is 2. The molecule has 37 heavy (non-hydrogen) atoms. The minimum atomic E-state index is -4.49. The standard InChI is InChI=1S/C28H31F3N2O4/c1-3-37-25(35)11-6-4-5-10-24(34)33-15-14-21-22-17-20(36-2)12-13-23(22)32-26(21)27(33)18-8-7-9-19(16-18)28(29,30)31/h7-9,12-13,16-17,27,32H,3-6,10-11,14-15H2,1-2H3/t27-/m0/s1. The lowest BCUT2D eigenvalue weighted by Gasteiger charge is -2.36. The first-order valence-electron chi connectivity index (χ1n) is 12.5. The second-order valence-corrected chi connectivity index (χ2v) is 9.16. The van der Waals surface area contributed by atoms with Gasteiger partial charge < -0.3 is 19.4 Å². The molecule has 1 aliphatic rings. The van der Waals surface area contributed by atoms with Gasteiger partial charge in [0.15, 0.2) is 0 Å². The molecule has 1 aromatic heterocycles. The third-order valence-corrected chi connectivity index (χ3v) is 6.76. The van der Waals surface area contributed by atoms with Crippen molar-refractivity contribution >= 4 is 22.8 Å². The number of hydrogen-bond donors (Lipinski definition) is 1. The number of H-pyrrole nitrogens is 1. The Bertz CT molecular complexity index is 1270. The van der Waals surface area contributed by atoms with E-state index in [-0.39, 0.29) is 18.3 Å². The summed E-state index contributed by atoms with van der Waals surface area (Å²) in [6.07, 6.45) is -1.47. The number of carbonyl (C=O) groups is 2. The van der Waals surface area contributed by atoms with Crippen LogP contribution in [0, 0.1) is 0 Å². The van der Waals surface area contributed by atoms with Gasteiger partial charge in [-0.3, -0.25) is 9.59 Å². The second kappa shape index (κ2) is 11.3. The maximum absolute atomic E-state index is 13.5. The van der Waals surface area contributed by atoms with E-state index in [1.807, 2.05) is 18.2 Å². The zero-order chi connectivity index (χ0) is 26.6. The molecular weight excluding hydrogens is 485 g/mol. The largest absolute Gasteiger partial charge is 0.497 e. The molecule has 0 spiro atoms. The third-order valence-electron chi connectivity index (χ3n) is 6.76. The van der Waals surface area contributed by atoms with Gasteiger partial charge >= 0.3 is 12.1 Å². The molecule has 2 heterocycles. The number of esters is 1. The molecule has 9 heteroatoms. The van der Waals surface area contributed by atoms with Crippen LogP contribution in [0.25, 0.3) is 10.9 Å². The van der Waals surface area contributed by atoms with E-state index < -0.39 is 17.8 Å². The maximum atomic E-state index is 13.5. The van der Waals surface area contributed by atoms with Crippen LogP contribution in [-0.2, 0) is 26.9 Å². The molecule has 4 rings (SSSR count). The van der Waals surface area contributed by atoms with Gasteiger partial charge in [-0.25, -0.2) is 0 Å². The molecule has 0 radical (unpaired) electrons. The first kappa shape index (κ1) is 26.6. The van der Waals surface area contributed by atoms with Gasteiger partial charge in [0.1, 0.15) is 5.75 Å². The Balaban J connectivity index is 1.62. The number of hydrogen-bond acceptors (Lipinski definition) is 4. The van der Waals surface area contributed by atoms with Crippen molar-refractivity contribution in [2.75, 3.05) is 20.3 Å². The SMILES string of the molecule is CCOC(=O)CCCCCC(=O)N1CCc2c([nH]c3ccc(OC)cc23)[C@@H]1c1cccc(C(F)(F)F)c1. The van der Waals surface area contributed by atoms with Crippen molar-refractivity contribution in [1.29, 1.82) is 0 Å². The Morgan fingerprint density at radius 3 is 2.59 bits per heavy atom. The second-order valence-electron chi connectivity index (χ2n) is 9.16. The first-order valence-corrected chi connectivity index (χ1v) is 12.5. The number of amides is 1. The molecule has 0 saturated heterocycles. The summed E-state index contributed by atoms with van der Waals surface area (Å²) in [7, 11) is 1.58. The van der Waals surface area contributed by atoms with Crippen molar-refractivity contribution in [3.8, 4) is 5.75 Å². The summed E-state index contributed by atoms with van der Waals surface area (Å²) in [5.74, 6) is 0.309. The van der Waals surface area contributed by atoms with Gasteiger partial charge in [0, 0.05) is 36.0 Å². The zero-order valence-corrected chi connectivity index (χ0v) is 21.0. The number of ether oxygens (including phenoxy) is 2. The number of rotatable bonds is 9. The van der Waals surface area contributed by atoms with Crippen LogP contribution in [0.15, 0.2) is 42.5 Å². The highest BCUT2D eigenvalue weighted by Crippen LogP contribution is 2.41. The molecule has 1 amide bonds. The molecule has 0 unspecified atom stereocenters. The molecule has 1 atom stereocenters. The van der Waals surface area contributed by atoms with Crippen LogP contribution in [0.5, 0.6) is 5.75 Å². The molecule has 0 bridgehead atoms. The number of fused-ring (bicyclic) bond motifs is 3. The number of benzene rings is 2. The minimum Gasteiger partial charge on any atom is -0.497 e. The average molecular weight is 517 g/mol. The number of aromatic amines is 1. The molecule has 3 aromatic rings. The van der Waals surface area contributed by atoms with E-state index in [1.165, 1.54) is 6.07 Å². The van der Waals surface area contributed by atoms with Crippen LogP contribution in [0.3, 0.4) is 0 Å². The lowest BCUT2D eigenvalue weighted by Crippen LogP contribution is -2.40. The summed E-state index contributed by atoms with van der Waals surface area (Å²) in [5, 5.41) is 0.942. The van der Waals surface area contributed by atoms with E-state index in [9.17, 15) is 22.8 Å². The smallest absolute Gasteiger partial charge is 0.416 e. The summed E-state index contributed by atoms with van der Waals surface area (Å²) in [6.45, 7) is 2.48. The van der Waals surface area contributed by atoms with Crippen LogP contribution < -0.4 is 4.74 Å². The number of nitrogens with zero attached hydrogens (tertiary/aromatic N) is 1. The summed E-state index contributed by atoms with van der Waals surface area (Å²) in [4.78, 5) is 29.9. The van der Waals surface area contributed by atoms with Crippen molar-refractivity contribution in [3.63, 3.8) is 0 Å². The predicted octanol–water partition coefficient (Wildman–Crippen LogP) is 6.18. The van der Waals surface area contributed by atoms with Gasteiger partial charge in [-0.1, -0.05) is 18.6 Å². The quantitative estimate of drug-likeness (QED) is 0.272. The van der Waals surface area contributed by atoms with Crippen molar-refractivity contribution in [2.45, 2.75) is 57.7 Å². The minimum absolute atomic E-state index is 0.125. The molecule has 2 aromatic carbocycles. The van der Waals surface area contributed by atoms with Gasteiger partial charge in [0.25, 0.3) is 0 Å². The van der Waals surface area contributed by atoms with Crippen LogP contribution in [0.2, 0.25) is 0 Å². The molecular formula is C28H31F3N2O4. The van der Waals surface area contributed by atoms with E-state index in [4.69, 9.17) is 9.47 Å². The Hall–Kier alpha value is -3.49. The highest BCUT2D eigenvalue weighted by molar-refractivity contribution is 5.88. The normalized spacial score (nSPS) is 15.5. The molecule has 0 saturated carbocycles. The lowest BCUT2D eigenvalue weighted by atomic mass is 9.91. The van der Waals surface area contributed by atoms with Crippen molar-refractivity contribution in [3.05, 3.63) is 64.8 Å². The zero-order valence-electron chi connectivity index (χ0n) is 21.0. The van der Waals surface area contributed by atoms with E-state index in [1.54, 1.807) is 25.0 Å². The maximum Gasteiger partial charge on any atom is 0.416 e. The van der Waals surface area contributed by atoms with E-state index in [0.717, 1.165) is 34.3 Å². The van der Waals surface area contributed by atoms with Gasteiger partial charge in [-0.2, -0.15) is 13.2 Å². The number of nitrogens with one attached hydrogen (secondary N) is 1. The molecule has 1 N–H and O–H groups in total. The Morgan fingerprint density at radius 1 is 1.08 bits per heavy atom. The van der Waals surface area contributed by atoms with Crippen LogP contribution >= 0.6 is 0 Å². The molecule has 1 aliphatic heterocycles. The Labute approximate surface area is 213 Å². The van der Waals surface area contributed by atoms with E-state index >= 15 is 0 Å². The van der Waals surface area contributed by atoms with Crippen LogP contribution in [0.4, 0.5) is 13.2 Å². The van der Waals surface area contributed by atoms with Gasteiger partial charge in [-0.05, 0) is 67.6 Å². The van der Waals surface area contributed by atoms with Crippen LogP contribution in [0.1, 0.15) is 67.5 Å². The Kier molecular flexibility index (Phi) is 8.10. The summed E-state index contributed by atoms with van der Waals surface area (Å²) in [5.41, 5.74) is 2.21.